The van der Waals surface area contributed by atoms with Crippen LogP contribution in [0.3, 0.4) is 0 Å². The molecule has 1 saturated heterocycles. The van der Waals surface area contributed by atoms with Gasteiger partial charge in [0.1, 0.15) is 0 Å². The van der Waals surface area contributed by atoms with Crippen molar-refractivity contribution in [2.75, 3.05) is 36.4 Å². The lowest BCUT2D eigenvalue weighted by atomic mass is 10.2. The summed E-state index contributed by atoms with van der Waals surface area (Å²) in [7, 11) is 0. The third kappa shape index (κ3) is 4.16. The van der Waals surface area contributed by atoms with Gasteiger partial charge in [-0.25, -0.2) is 9.97 Å². The average Bonchev–Trinajstić information content (AvgIpc) is 2.48. The van der Waals surface area contributed by atoms with Crippen LogP contribution in [0.25, 0.3) is 0 Å². The molecular weight excluding hydrogens is 308 g/mol. The summed E-state index contributed by atoms with van der Waals surface area (Å²) in [6.45, 7) is 3.17. The molecule has 6 heteroatoms. The summed E-state index contributed by atoms with van der Waals surface area (Å²) in [6.07, 6.45) is 6.18. The lowest BCUT2D eigenvalue weighted by molar-refractivity contribution is -0.131. The highest BCUT2D eigenvalue weighted by molar-refractivity contribution is 9.09. The number of carbonyl (C=O) groups excluding carboxylic acids is 1. The largest absolute Gasteiger partial charge is 0.339 e. The SMILES string of the molecule is O=C(CCCCBr)N1CCN(c2ncccn2)CC1. The Kier molecular flexibility index (Phi) is 5.57. The van der Waals surface area contributed by atoms with Gasteiger partial charge >= 0.3 is 0 Å². The van der Waals surface area contributed by atoms with Gasteiger partial charge in [0.05, 0.1) is 0 Å². The summed E-state index contributed by atoms with van der Waals surface area (Å²) >= 11 is 3.38. The molecule has 0 bridgehead atoms. The number of hydrogen-bond donors (Lipinski definition) is 0. The topological polar surface area (TPSA) is 49.3 Å². The van der Waals surface area contributed by atoms with E-state index in [0.29, 0.717) is 6.42 Å². The van der Waals surface area contributed by atoms with E-state index in [1.165, 1.54) is 0 Å². The summed E-state index contributed by atoms with van der Waals surface area (Å²) in [5, 5.41) is 0.972. The highest BCUT2D eigenvalue weighted by Gasteiger charge is 2.21. The quantitative estimate of drug-likeness (QED) is 0.610. The molecule has 2 rings (SSSR count). The molecule has 1 aliphatic heterocycles. The summed E-state index contributed by atoms with van der Waals surface area (Å²) in [4.78, 5) is 24.5. The zero-order chi connectivity index (χ0) is 13.5. The number of aromatic nitrogens is 2. The van der Waals surface area contributed by atoms with Gasteiger partial charge in [0, 0.05) is 50.3 Å². The first-order valence-corrected chi connectivity index (χ1v) is 7.79. The number of nitrogens with zero attached hydrogens (tertiary/aromatic N) is 4. The molecule has 0 spiro atoms. The van der Waals surface area contributed by atoms with Gasteiger partial charge < -0.3 is 9.80 Å². The Balaban J connectivity index is 1.77. The third-order valence-electron chi connectivity index (χ3n) is 3.24. The zero-order valence-electron chi connectivity index (χ0n) is 11.0. The minimum absolute atomic E-state index is 0.273. The van der Waals surface area contributed by atoms with Crippen LogP contribution in [0.2, 0.25) is 0 Å². The van der Waals surface area contributed by atoms with Crippen molar-refractivity contribution in [2.24, 2.45) is 0 Å². The molecule has 19 heavy (non-hydrogen) atoms. The van der Waals surface area contributed by atoms with Crippen molar-refractivity contribution >= 4 is 27.8 Å². The number of hydrogen-bond acceptors (Lipinski definition) is 4. The number of unbranched alkanes of at least 4 members (excludes halogenated alkanes) is 1. The van der Waals surface area contributed by atoms with Crippen molar-refractivity contribution < 1.29 is 4.79 Å². The minimum Gasteiger partial charge on any atom is -0.339 e. The molecule has 104 valence electrons. The molecule has 1 amide bonds. The predicted molar refractivity (Wildman–Crippen MR) is 78.5 cm³/mol. The van der Waals surface area contributed by atoms with Crippen LogP contribution < -0.4 is 4.90 Å². The normalized spacial score (nSPS) is 15.6. The Bertz CT molecular complexity index is 393. The van der Waals surface area contributed by atoms with Gasteiger partial charge in [0.15, 0.2) is 0 Å². The molecule has 0 aromatic carbocycles. The predicted octanol–water partition coefficient (Wildman–Crippen LogP) is 1.69. The van der Waals surface area contributed by atoms with Gasteiger partial charge in [-0.15, -0.1) is 0 Å². The van der Waals surface area contributed by atoms with E-state index in [9.17, 15) is 4.79 Å². The molecule has 5 nitrogen and oxygen atoms in total. The Morgan fingerprint density at radius 2 is 1.84 bits per heavy atom. The molecule has 0 aliphatic carbocycles. The van der Waals surface area contributed by atoms with Crippen LogP contribution in [0, 0.1) is 0 Å². The number of rotatable bonds is 5. The van der Waals surface area contributed by atoms with Gasteiger partial charge in [-0.2, -0.15) is 0 Å². The van der Waals surface area contributed by atoms with Crippen LogP contribution in [0.1, 0.15) is 19.3 Å². The first-order chi connectivity index (χ1) is 9.31. The molecule has 0 atom stereocenters. The number of alkyl halides is 1. The molecule has 1 aromatic rings. The van der Waals surface area contributed by atoms with Crippen molar-refractivity contribution in [3.05, 3.63) is 18.5 Å². The van der Waals surface area contributed by atoms with E-state index in [2.05, 4.69) is 30.8 Å². The fraction of sp³-hybridized carbons (Fsp3) is 0.615. The minimum atomic E-state index is 0.273. The Morgan fingerprint density at radius 1 is 1.16 bits per heavy atom. The molecule has 0 radical (unpaired) electrons. The lowest BCUT2D eigenvalue weighted by Gasteiger charge is -2.34. The number of anilines is 1. The van der Waals surface area contributed by atoms with Crippen LogP contribution in [0.15, 0.2) is 18.5 Å². The van der Waals surface area contributed by atoms with Crippen LogP contribution in [0.5, 0.6) is 0 Å². The molecule has 1 fully saturated rings. The van der Waals surface area contributed by atoms with Gasteiger partial charge in [-0.05, 0) is 18.9 Å². The summed E-state index contributed by atoms with van der Waals surface area (Å²) in [5.74, 6) is 1.03. The number of piperazine rings is 1. The van der Waals surface area contributed by atoms with Crippen LogP contribution in [0.4, 0.5) is 5.95 Å². The van der Waals surface area contributed by atoms with E-state index in [4.69, 9.17) is 0 Å². The molecular formula is C13H19BrN4O. The van der Waals surface area contributed by atoms with Crippen LogP contribution >= 0.6 is 15.9 Å². The van der Waals surface area contributed by atoms with Gasteiger partial charge in [-0.1, -0.05) is 15.9 Å². The molecule has 1 aromatic heterocycles. The number of amides is 1. The fourth-order valence-corrected chi connectivity index (χ4v) is 2.54. The number of carbonyl (C=O) groups is 1. The smallest absolute Gasteiger partial charge is 0.225 e. The molecule has 2 heterocycles. The molecule has 0 N–H and O–H groups in total. The summed E-state index contributed by atoms with van der Waals surface area (Å²) in [5.41, 5.74) is 0. The first-order valence-electron chi connectivity index (χ1n) is 6.67. The second kappa shape index (κ2) is 7.43. The molecule has 0 saturated carbocycles. The van der Waals surface area contributed by atoms with E-state index in [1.54, 1.807) is 12.4 Å². The second-order valence-electron chi connectivity index (χ2n) is 4.56. The zero-order valence-corrected chi connectivity index (χ0v) is 12.5. The van der Waals surface area contributed by atoms with Gasteiger partial charge in [0.25, 0.3) is 0 Å². The van der Waals surface area contributed by atoms with Gasteiger partial charge in [-0.3, -0.25) is 4.79 Å². The average molecular weight is 327 g/mol. The van der Waals surface area contributed by atoms with Gasteiger partial charge in [0.2, 0.25) is 11.9 Å². The second-order valence-corrected chi connectivity index (χ2v) is 5.36. The van der Waals surface area contributed by atoms with Crippen molar-refractivity contribution in [1.82, 2.24) is 14.9 Å². The Hall–Kier alpha value is -1.17. The van der Waals surface area contributed by atoms with Crippen molar-refractivity contribution in [1.29, 1.82) is 0 Å². The maximum atomic E-state index is 12.0. The van der Waals surface area contributed by atoms with E-state index in [0.717, 1.165) is 50.3 Å². The standard InChI is InChI=1S/C13H19BrN4O/c14-5-2-1-4-12(19)17-8-10-18(11-9-17)13-15-6-3-7-16-13/h3,6-7H,1-2,4-5,8-11H2. The Morgan fingerprint density at radius 3 is 2.47 bits per heavy atom. The summed E-state index contributed by atoms with van der Waals surface area (Å²) in [6, 6.07) is 1.81. The Labute approximate surface area is 122 Å². The highest BCUT2D eigenvalue weighted by Crippen LogP contribution is 2.11. The van der Waals surface area contributed by atoms with Crippen molar-refractivity contribution in [3.8, 4) is 0 Å². The van der Waals surface area contributed by atoms with E-state index < -0.39 is 0 Å². The van der Waals surface area contributed by atoms with Crippen LogP contribution in [-0.4, -0.2) is 52.3 Å². The fourth-order valence-electron chi connectivity index (χ4n) is 2.14. The number of halogens is 1. The molecule has 1 aliphatic rings. The van der Waals surface area contributed by atoms with E-state index >= 15 is 0 Å². The highest BCUT2D eigenvalue weighted by atomic mass is 79.9. The molecule has 0 unspecified atom stereocenters. The maximum Gasteiger partial charge on any atom is 0.225 e. The van der Waals surface area contributed by atoms with E-state index in [1.807, 2.05) is 11.0 Å². The van der Waals surface area contributed by atoms with Crippen LogP contribution in [-0.2, 0) is 4.79 Å². The summed E-state index contributed by atoms with van der Waals surface area (Å²) < 4.78 is 0. The first kappa shape index (κ1) is 14.2. The third-order valence-corrected chi connectivity index (χ3v) is 3.80. The lowest BCUT2D eigenvalue weighted by Crippen LogP contribution is -2.49. The van der Waals surface area contributed by atoms with Crippen molar-refractivity contribution in [3.63, 3.8) is 0 Å². The maximum absolute atomic E-state index is 12.0. The van der Waals surface area contributed by atoms with E-state index in [-0.39, 0.29) is 5.91 Å². The monoisotopic (exact) mass is 326 g/mol. The van der Waals surface area contributed by atoms with Crippen molar-refractivity contribution in [2.45, 2.75) is 19.3 Å².